The summed E-state index contributed by atoms with van der Waals surface area (Å²) < 4.78 is 91.8. The van der Waals surface area contributed by atoms with Gasteiger partial charge in [-0.15, -0.1) is 0 Å². The van der Waals surface area contributed by atoms with E-state index in [2.05, 4.69) is 36.7 Å². The predicted molar refractivity (Wildman–Crippen MR) is 206 cm³/mol. The molecule has 0 aliphatic carbocycles. The fraction of sp³-hybridized carbons (Fsp3) is 0.971. The van der Waals surface area contributed by atoms with E-state index in [1.54, 1.807) is 0 Å². The molecular formula is C34H72O15P4Ti. The molecule has 0 spiro atoms. The van der Waals surface area contributed by atoms with Crippen LogP contribution >= 0.6 is 31.3 Å². The summed E-state index contributed by atoms with van der Waals surface area (Å²) in [5, 5.41) is 0. The van der Waals surface area contributed by atoms with Crippen molar-refractivity contribution in [3.8, 4) is 0 Å². The molecule has 2 N–H and O–H groups in total. The minimum absolute atomic E-state index is 0. The van der Waals surface area contributed by atoms with Gasteiger partial charge in [-0.1, -0.05) is 156 Å². The van der Waals surface area contributed by atoms with Gasteiger partial charge in [-0.05, 0) is 25.7 Å². The van der Waals surface area contributed by atoms with Gasteiger partial charge in [-0.2, -0.15) is 8.62 Å². The molecule has 15 nitrogen and oxygen atoms in total. The molecule has 0 aliphatic rings. The zero-order valence-corrected chi connectivity index (χ0v) is 38.6. The number of unbranched alkanes of at least 4 members (excludes halogenated alkanes) is 20. The molecule has 2 unspecified atom stereocenters. The Hall–Kier alpha value is 0.744. The first-order valence-electron chi connectivity index (χ1n) is 20.0. The molecule has 0 fully saturated rings. The molecule has 0 heterocycles. The van der Waals surface area contributed by atoms with Crippen LogP contribution in [0.3, 0.4) is 0 Å². The summed E-state index contributed by atoms with van der Waals surface area (Å²) in [6.45, 7) is 6.65. The third-order valence-electron chi connectivity index (χ3n) is 7.96. The Morgan fingerprint density at radius 1 is 0.407 bits per heavy atom. The largest absolute Gasteiger partial charge is 0.538 e. The van der Waals surface area contributed by atoms with E-state index in [1.165, 1.54) is 0 Å². The normalized spacial score (nSPS) is 14.3. The van der Waals surface area contributed by atoms with Crippen molar-refractivity contribution in [3.63, 3.8) is 0 Å². The van der Waals surface area contributed by atoms with Gasteiger partial charge in [0.25, 0.3) is 0 Å². The fourth-order valence-corrected chi connectivity index (χ4v) is 10.2. The third kappa shape index (κ3) is 34.8. The summed E-state index contributed by atoms with van der Waals surface area (Å²) in [6.07, 6.45) is 21.6. The van der Waals surface area contributed by atoms with Crippen LogP contribution in [0.2, 0.25) is 0 Å². The Kier molecular flexibility index (Phi) is 37.5. The van der Waals surface area contributed by atoms with E-state index in [9.17, 15) is 32.8 Å². The van der Waals surface area contributed by atoms with Gasteiger partial charge in [0.1, 0.15) is 0 Å². The van der Waals surface area contributed by atoms with Crippen LogP contribution in [0.1, 0.15) is 182 Å². The maximum Gasteiger partial charge on any atom is 0.538 e. The first-order valence-corrected chi connectivity index (χ1v) is 25.9. The average molecular weight is 893 g/mol. The second-order valence-electron chi connectivity index (χ2n) is 13.1. The summed E-state index contributed by atoms with van der Waals surface area (Å²) in [4.78, 5) is 33.0. The first-order chi connectivity index (χ1) is 25.3. The second kappa shape index (κ2) is 35.7. The van der Waals surface area contributed by atoms with Crippen molar-refractivity contribution in [2.24, 2.45) is 0 Å². The Morgan fingerprint density at radius 2 is 0.667 bits per heavy atom. The van der Waals surface area contributed by atoms with Gasteiger partial charge >= 0.3 is 37.3 Å². The van der Waals surface area contributed by atoms with Gasteiger partial charge in [0.05, 0.1) is 26.4 Å². The molecule has 322 valence electrons. The molecule has 0 aromatic rings. The molecule has 0 amide bonds. The molecule has 0 saturated heterocycles. The standard InChI is InChI=1S/C34H72O15P4.Ti/c1-5-9-13-17-21-25-29-42-52(40,43-30-26-22-18-14-10-6-2)48-50(36,37)46-33-34(35)47-51(38,39)49-53(41,44-31-27-23-19-15-11-7-3)45-32-28-24-20-16-12-8-4;/h5-33H2,1-4H3,(H,36,37)(H,38,39);. The summed E-state index contributed by atoms with van der Waals surface area (Å²) in [5.74, 6) is -1.65. The van der Waals surface area contributed by atoms with Gasteiger partial charge < -0.3 is 9.42 Å². The number of carbonyl (C=O) groups is 1. The molecule has 20 heteroatoms. The predicted octanol–water partition coefficient (Wildman–Crippen LogP) is 12.5. The van der Waals surface area contributed by atoms with E-state index < -0.39 is 43.9 Å². The van der Waals surface area contributed by atoms with Crippen LogP contribution in [0.4, 0.5) is 0 Å². The minimum atomic E-state index is -5.45. The molecule has 0 aromatic carbocycles. The zero-order chi connectivity index (χ0) is 39.7. The monoisotopic (exact) mass is 892 g/mol. The molecule has 0 rings (SSSR count). The molecule has 54 heavy (non-hydrogen) atoms. The van der Waals surface area contributed by atoms with E-state index in [-0.39, 0.29) is 48.1 Å². The van der Waals surface area contributed by atoms with Crippen molar-refractivity contribution in [2.75, 3.05) is 33.0 Å². The molecular weight excluding hydrogens is 820 g/mol. The molecule has 0 aliphatic heterocycles. The van der Waals surface area contributed by atoms with Gasteiger partial charge in [0.15, 0.2) is 6.61 Å². The van der Waals surface area contributed by atoms with Crippen molar-refractivity contribution >= 4 is 37.3 Å². The number of phosphoric ester groups is 4. The number of rotatable bonds is 40. The van der Waals surface area contributed by atoms with E-state index in [4.69, 9.17) is 26.7 Å². The minimum Gasteiger partial charge on any atom is -0.368 e. The van der Waals surface area contributed by atoms with Crippen molar-refractivity contribution in [1.82, 2.24) is 0 Å². The van der Waals surface area contributed by atoms with Crippen LogP contribution in [-0.4, -0.2) is 48.8 Å². The Labute approximate surface area is 341 Å². The quantitative estimate of drug-likeness (QED) is 0.0334. The molecule has 0 bridgehead atoms. The van der Waals surface area contributed by atoms with Crippen LogP contribution in [0.5, 0.6) is 0 Å². The van der Waals surface area contributed by atoms with Gasteiger partial charge in [-0.3, -0.25) is 27.5 Å². The Balaban J connectivity index is 0. The van der Waals surface area contributed by atoms with Crippen LogP contribution < -0.4 is 0 Å². The Morgan fingerprint density at radius 3 is 0.963 bits per heavy atom. The summed E-state index contributed by atoms with van der Waals surface area (Å²) in [5.41, 5.74) is 0. The smallest absolute Gasteiger partial charge is 0.368 e. The summed E-state index contributed by atoms with van der Waals surface area (Å²) in [7, 11) is -20.1. The van der Waals surface area contributed by atoms with Crippen molar-refractivity contribution in [3.05, 3.63) is 0 Å². The number of phosphoric acid groups is 4. The van der Waals surface area contributed by atoms with Crippen LogP contribution in [-0.2, 0) is 80.5 Å². The topological polar surface area (TPSA) is 200 Å². The molecule has 0 aromatic heterocycles. The number of hydrogen-bond acceptors (Lipinski definition) is 13. The van der Waals surface area contributed by atoms with Crippen molar-refractivity contribution < 1.29 is 90.3 Å². The number of carbonyl (C=O) groups excluding carboxylic acids is 1. The van der Waals surface area contributed by atoms with E-state index in [0.29, 0.717) is 25.7 Å². The van der Waals surface area contributed by atoms with Crippen LogP contribution in [0.15, 0.2) is 0 Å². The first kappa shape index (κ1) is 56.8. The van der Waals surface area contributed by atoms with Gasteiger partial charge in [0, 0.05) is 21.7 Å². The van der Waals surface area contributed by atoms with Gasteiger partial charge in [-0.25, -0.2) is 23.1 Å². The maximum atomic E-state index is 13.3. The average Bonchev–Trinajstić information content (AvgIpc) is 3.08. The third-order valence-corrected chi connectivity index (χ3v) is 14.1. The maximum absolute atomic E-state index is 13.3. The SMILES string of the molecule is CCCCCCCCOP(=O)(OCCCCCCCC)OP(=O)(O)OCC(=O)OP(=O)(O)OP(=O)(OCCCCCCCC)OCCCCCCCC.[Ti]. The van der Waals surface area contributed by atoms with Crippen LogP contribution in [0, 0.1) is 0 Å². The second-order valence-corrected chi connectivity index (χ2v) is 19.6. The van der Waals surface area contributed by atoms with Gasteiger partial charge in [0.2, 0.25) is 0 Å². The van der Waals surface area contributed by atoms with E-state index in [1.807, 2.05) is 0 Å². The Bertz CT molecular complexity index is 1060. The van der Waals surface area contributed by atoms with Crippen molar-refractivity contribution in [1.29, 1.82) is 0 Å². The summed E-state index contributed by atoms with van der Waals surface area (Å²) in [6, 6.07) is 0. The summed E-state index contributed by atoms with van der Waals surface area (Å²) >= 11 is 0. The molecule has 0 saturated carbocycles. The number of hydrogen-bond donors (Lipinski definition) is 2. The molecule has 2 atom stereocenters. The zero-order valence-electron chi connectivity index (χ0n) is 33.5. The van der Waals surface area contributed by atoms with E-state index in [0.717, 1.165) is 128 Å². The van der Waals surface area contributed by atoms with Crippen LogP contribution in [0.25, 0.3) is 0 Å². The fourth-order valence-electron chi connectivity index (χ4n) is 4.99. The van der Waals surface area contributed by atoms with Crippen molar-refractivity contribution in [2.45, 2.75) is 182 Å². The van der Waals surface area contributed by atoms with E-state index >= 15 is 0 Å². The molecule has 0 radical (unpaired) electrons.